The molecule has 2 atom stereocenters. The van der Waals surface area contributed by atoms with Gasteiger partial charge in [-0.15, -0.1) is 0 Å². The van der Waals surface area contributed by atoms with Gasteiger partial charge in [0.05, 0.1) is 0 Å². The molecule has 2 saturated heterocycles. The molecular formula is C17H21NO4. The highest BCUT2D eigenvalue weighted by Crippen LogP contribution is 2.40. The van der Waals surface area contributed by atoms with E-state index in [1.165, 1.54) is 37.8 Å². The van der Waals surface area contributed by atoms with Crippen molar-refractivity contribution in [2.75, 3.05) is 6.54 Å². The highest BCUT2D eigenvalue weighted by molar-refractivity contribution is 5.89. The van der Waals surface area contributed by atoms with E-state index in [9.17, 15) is 9.59 Å². The first-order valence-electron chi connectivity index (χ1n) is 7.52. The molecule has 0 aromatic heterocycles. The number of carboxylic acids is 2. The summed E-state index contributed by atoms with van der Waals surface area (Å²) in [7, 11) is 0. The normalized spacial score (nSPS) is 23.8. The van der Waals surface area contributed by atoms with Crippen molar-refractivity contribution in [1.29, 1.82) is 0 Å². The molecule has 0 aliphatic carbocycles. The molecule has 0 bridgehead atoms. The number of carboxylic acid groups (broad SMARTS) is 2. The van der Waals surface area contributed by atoms with Crippen LogP contribution in [0.2, 0.25) is 0 Å². The number of carbonyl (C=O) groups is 2. The van der Waals surface area contributed by atoms with E-state index in [4.69, 9.17) is 10.2 Å². The Bertz CT molecular complexity index is 525. The number of benzene rings is 1. The van der Waals surface area contributed by atoms with E-state index in [1.54, 1.807) is 0 Å². The van der Waals surface area contributed by atoms with Gasteiger partial charge in [0.2, 0.25) is 0 Å². The monoisotopic (exact) mass is 303 g/mol. The SMILES string of the molecule is O=C(O)C=CC(=O)O.c1ccc(C2CCC3CCCN32)cc1. The molecule has 3 rings (SSSR count). The Hall–Kier alpha value is -2.14. The lowest BCUT2D eigenvalue weighted by Gasteiger charge is -2.23. The third kappa shape index (κ3) is 4.43. The van der Waals surface area contributed by atoms with Crippen LogP contribution in [0.5, 0.6) is 0 Å². The second-order valence-electron chi connectivity index (χ2n) is 5.55. The number of rotatable bonds is 3. The summed E-state index contributed by atoms with van der Waals surface area (Å²) in [6.07, 6.45) is 6.75. The number of fused-ring (bicyclic) bond motifs is 1. The largest absolute Gasteiger partial charge is 0.478 e. The van der Waals surface area contributed by atoms with Gasteiger partial charge >= 0.3 is 11.9 Å². The summed E-state index contributed by atoms with van der Waals surface area (Å²) in [5.41, 5.74) is 1.52. The molecule has 0 saturated carbocycles. The Morgan fingerprint density at radius 3 is 2.23 bits per heavy atom. The van der Waals surface area contributed by atoms with Gasteiger partial charge in [0.1, 0.15) is 0 Å². The highest BCUT2D eigenvalue weighted by atomic mass is 16.4. The Kier molecular flexibility index (Phi) is 5.72. The first-order valence-corrected chi connectivity index (χ1v) is 7.52. The molecule has 1 aromatic rings. The van der Waals surface area contributed by atoms with E-state index < -0.39 is 11.9 Å². The third-order valence-electron chi connectivity index (χ3n) is 4.15. The second kappa shape index (κ2) is 7.75. The summed E-state index contributed by atoms with van der Waals surface area (Å²) >= 11 is 0. The maximum absolute atomic E-state index is 9.55. The summed E-state index contributed by atoms with van der Waals surface area (Å²) in [6.45, 7) is 1.32. The van der Waals surface area contributed by atoms with Crippen LogP contribution in [0.4, 0.5) is 0 Å². The number of hydrogen-bond acceptors (Lipinski definition) is 3. The van der Waals surface area contributed by atoms with Crippen molar-refractivity contribution in [2.24, 2.45) is 0 Å². The van der Waals surface area contributed by atoms with Gasteiger partial charge in [0.15, 0.2) is 0 Å². The van der Waals surface area contributed by atoms with Crippen LogP contribution in [0.25, 0.3) is 0 Å². The van der Waals surface area contributed by atoms with Gasteiger partial charge < -0.3 is 10.2 Å². The summed E-state index contributed by atoms with van der Waals surface area (Å²) in [4.78, 5) is 21.8. The van der Waals surface area contributed by atoms with Crippen molar-refractivity contribution in [3.63, 3.8) is 0 Å². The second-order valence-corrected chi connectivity index (χ2v) is 5.55. The minimum absolute atomic E-state index is 0.558. The van der Waals surface area contributed by atoms with Crippen LogP contribution in [-0.4, -0.2) is 39.6 Å². The molecule has 2 N–H and O–H groups in total. The van der Waals surface area contributed by atoms with Crippen LogP contribution < -0.4 is 0 Å². The Morgan fingerprint density at radius 1 is 1.00 bits per heavy atom. The number of hydrogen-bond donors (Lipinski definition) is 2. The van der Waals surface area contributed by atoms with E-state index in [2.05, 4.69) is 35.2 Å². The Balaban J connectivity index is 0.000000192. The molecule has 118 valence electrons. The molecule has 0 spiro atoms. The zero-order valence-electron chi connectivity index (χ0n) is 12.4. The predicted octanol–water partition coefficient (Wildman–Crippen LogP) is 2.70. The van der Waals surface area contributed by atoms with Gasteiger partial charge in [-0.25, -0.2) is 9.59 Å². The van der Waals surface area contributed by atoms with Crippen molar-refractivity contribution in [2.45, 2.75) is 37.8 Å². The molecule has 5 nitrogen and oxygen atoms in total. The van der Waals surface area contributed by atoms with Crippen molar-refractivity contribution in [3.05, 3.63) is 48.0 Å². The number of aliphatic carboxylic acids is 2. The standard InChI is InChI=1S/C13H17N.C4H4O4/c1-2-5-11(6-3-1)13-9-8-12-7-4-10-14(12)13;5-3(6)1-2-4(7)8/h1-3,5-6,12-13H,4,7-10H2;1-2H,(H,5,6)(H,7,8). The molecule has 1 aromatic carbocycles. The van der Waals surface area contributed by atoms with Crippen LogP contribution in [0.15, 0.2) is 42.5 Å². The highest BCUT2D eigenvalue weighted by Gasteiger charge is 2.36. The number of nitrogens with zero attached hydrogens (tertiary/aromatic N) is 1. The van der Waals surface area contributed by atoms with Crippen molar-refractivity contribution in [3.8, 4) is 0 Å². The smallest absolute Gasteiger partial charge is 0.328 e. The van der Waals surface area contributed by atoms with Gasteiger partial charge in [-0.3, -0.25) is 4.90 Å². The first kappa shape index (κ1) is 16.2. The van der Waals surface area contributed by atoms with Crippen LogP contribution >= 0.6 is 0 Å². The summed E-state index contributed by atoms with van der Waals surface area (Å²) in [5, 5.41) is 15.6. The van der Waals surface area contributed by atoms with E-state index >= 15 is 0 Å². The molecule has 2 fully saturated rings. The van der Waals surface area contributed by atoms with E-state index in [1.807, 2.05) is 0 Å². The maximum Gasteiger partial charge on any atom is 0.328 e. The van der Waals surface area contributed by atoms with Crippen LogP contribution in [0.3, 0.4) is 0 Å². The third-order valence-corrected chi connectivity index (χ3v) is 4.15. The van der Waals surface area contributed by atoms with Gasteiger partial charge in [-0.05, 0) is 37.8 Å². The lowest BCUT2D eigenvalue weighted by Crippen LogP contribution is -2.25. The minimum atomic E-state index is -1.26. The van der Waals surface area contributed by atoms with Crippen LogP contribution in [0, 0.1) is 0 Å². The summed E-state index contributed by atoms with van der Waals surface area (Å²) < 4.78 is 0. The van der Waals surface area contributed by atoms with Gasteiger partial charge in [0.25, 0.3) is 0 Å². The molecule has 2 aliphatic heterocycles. The minimum Gasteiger partial charge on any atom is -0.478 e. The Labute approximate surface area is 129 Å². The van der Waals surface area contributed by atoms with Crippen LogP contribution in [0.1, 0.15) is 37.3 Å². The zero-order valence-corrected chi connectivity index (χ0v) is 12.4. The molecule has 2 aliphatic rings. The lowest BCUT2D eigenvalue weighted by atomic mass is 10.0. The topological polar surface area (TPSA) is 77.8 Å². The molecule has 0 amide bonds. The fourth-order valence-electron chi connectivity index (χ4n) is 3.27. The molecular weight excluding hydrogens is 282 g/mol. The van der Waals surface area contributed by atoms with E-state index in [0.717, 1.165) is 12.1 Å². The van der Waals surface area contributed by atoms with Gasteiger partial charge in [0, 0.05) is 24.2 Å². The van der Waals surface area contributed by atoms with E-state index in [-0.39, 0.29) is 0 Å². The summed E-state index contributed by atoms with van der Waals surface area (Å²) in [6, 6.07) is 12.6. The van der Waals surface area contributed by atoms with Crippen molar-refractivity contribution < 1.29 is 19.8 Å². The average Bonchev–Trinajstić information content (AvgIpc) is 3.09. The van der Waals surface area contributed by atoms with Crippen LogP contribution in [-0.2, 0) is 9.59 Å². The van der Waals surface area contributed by atoms with Crippen molar-refractivity contribution in [1.82, 2.24) is 4.90 Å². The lowest BCUT2D eigenvalue weighted by molar-refractivity contribution is -0.134. The van der Waals surface area contributed by atoms with Gasteiger partial charge in [-0.2, -0.15) is 0 Å². The summed E-state index contributed by atoms with van der Waals surface area (Å²) in [5.74, 6) is -2.51. The fraction of sp³-hybridized carbons (Fsp3) is 0.412. The average molecular weight is 303 g/mol. The van der Waals surface area contributed by atoms with Crippen molar-refractivity contribution >= 4 is 11.9 Å². The molecule has 5 heteroatoms. The maximum atomic E-state index is 9.55. The van der Waals surface area contributed by atoms with E-state index in [0.29, 0.717) is 12.2 Å². The molecule has 2 heterocycles. The Morgan fingerprint density at radius 2 is 1.64 bits per heavy atom. The quantitative estimate of drug-likeness (QED) is 0.839. The fourth-order valence-corrected chi connectivity index (χ4v) is 3.27. The predicted molar refractivity (Wildman–Crippen MR) is 82.6 cm³/mol. The molecule has 0 radical (unpaired) electrons. The first-order chi connectivity index (χ1) is 10.6. The zero-order chi connectivity index (χ0) is 15.9. The molecule has 2 unspecified atom stereocenters. The molecule has 22 heavy (non-hydrogen) atoms. The van der Waals surface area contributed by atoms with Gasteiger partial charge in [-0.1, -0.05) is 30.3 Å².